The summed E-state index contributed by atoms with van der Waals surface area (Å²) in [5, 5.41) is 11.2. The average Bonchev–Trinajstić information content (AvgIpc) is 3.19. The molecule has 0 spiro atoms. The fraction of sp³-hybridized carbons (Fsp3) is 0.318. The summed E-state index contributed by atoms with van der Waals surface area (Å²) in [7, 11) is 0. The van der Waals surface area contributed by atoms with Gasteiger partial charge in [0.1, 0.15) is 5.75 Å². The molecule has 1 fully saturated rings. The largest absolute Gasteiger partial charge is 0.493 e. The molecule has 1 aliphatic heterocycles. The van der Waals surface area contributed by atoms with Gasteiger partial charge in [0.2, 0.25) is 11.7 Å². The van der Waals surface area contributed by atoms with Crippen LogP contribution in [-0.2, 0) is 12.6 Å². The normalized spacial score (nSPS) is 13.8. The molecule has 33 heavy (non-hydrogen) atoms. The maximum atomic E-state index is 13.7. The van der Waals surface area contributed by atoms with Gasteiger partial charge in [-0.2, -0.15) is 18.2 Å². The lowest BCUT2D eigenvalue weighted by Crippen LogP contribution is -2.51. The maximum absolute atomic E-state index is 13.7. The Balaban J connectivity index is 0.00000306. The molecule has 1 saturated heterocycles. The Morgan fingerprint density at radius 3 is 2.58 bits per heavy atom. The number of hydrogen-bond acceptors (Lipinski definition) is 5. The molecule has 0 unspecified atom stereocenters. The molecule has 176 valence electrons. The third kappa shape index (κ3) is 5.75. The Hall–Kier alpha value is -3.27. The van der Waals surface area contributed by atoms with E-state index in [0.717, 1.165) is 11.6 Å². The van der Waals surface area contributed by atoms with Crippen LogP contribution in [0.2, 0.25) is 0 Å². The predicted octanol–water partition coefficient (Wildman–Crippen LogP) is 4.48. The number of benzene rings is 2. The molecule has 2 heterocycles. The molecule has 7 nitrogen and oxygen atoms in total. The van der Waals surface area contributed by atoms with Crippen LogP contribution >= 0.6 is 12.4 Å². The highest BCUT2D eigenvalue weighted by molar-refractivity contribution is 5.85. The zero-order valence-corrected chi connectivity index (χ0v) is 18.3. The number of aryl methyl sites for hydroxylation is 1. The molecule has 2 aromatic carbocycles. The molecule has 0 aliphatic carbocycles. The van der Waals surface area contributed by atoms with Gasteiger partial charge < -0.3 is 19.9 Å². The van der Waals surface area contributed by atoms with Crippen molar-refractivity contribution in [3.05, 3.63) is 65.5 Å². The maximum Gasteiger partial charge on any atom is 0.419 e. The van der Waals surface area contributed by atoms with Gasteiger partial charge in [-0.25, -0.2) is 0 Å². The first kappa shape index (κ1) is 24.4. The number of rotatable bonds is 7. The van der Waals surface area contributed by atoms with Crippen LogP contribution in [0.4, 0.5) is 13.2 Å². The third-order valence-electron chi connectivity index (χ3n) is 5.27. The Labute approximate surface area is 194 Å². The molecule has 3 aromatic rings. The van der Waals surface area contributed by atoms with Crippen molar-refractivity contribution in [2.75, 3.05) is 19.7 Å². The molecule has 0 radical (unpaired) electrons. The highest BCUT2D eigenvalue weighted by Gasteiger charge is 2.36. The second-order valence-corrected chi connectivity index (χ2v) is 7.59. The van der Waals surface area contributed by atoms with E-state index in [4.69, 9.17) is 20.4 Å². The van der Waals surface area contributed by atoms with Crippen molar-refractivity contribution in [1.82, 2.24) is 15.0 Å². The summed E-state index contributed by atoms with van der Waals surface area (Å²) in [4.78, 5) is 5.86. The quantitative estimate of drug-likeness (QED) is 0.293. The van der Waals surface area contributed by atoms with E-state index < -0.39 is 11.7 Å². The van der Waals surface area contributed by atoms with Gasteiger partial charge >= 0.3 is 6.18 Å². The van der Waals surface area contributed by atoms with Gasteiger partial charge in [-0.1, -0.05) is 35.5 Å². The summed E-state index contributed by atoms with van der Waals surface area (Å²) in [6.07, 6.45) is -3.28. The summed E-state index contributed by atoms with van der Waals surface area (Å²) < 4.78 is 51.6. The summed E-state index contributed by atoms with van der Waals surface area (Å²) in [6.45, 7) is 1.08. The monoisotopic (exact) mass is 481 g/mol. The molecule has 3 N–H and O–H groups in total. The van der Waals surface area contributed by atoms with Gasteiger partial charge in [0, 0.05) is 18.7 Å². The molecule has 0 amide bonds. The van der Waals surface area contributed by atoms with Gasteiger partial charge in [-0.05, 0) is 36.6 Å². The van der Waals surface area contributed by atoms with Crippen molar-refractivity contribution < 1.29 is 22.4 Å². The highest BCUT2D eigenvalue weighted by atomic mass is 35.5. The zero-order chi connectivity index (χ0) is 22.7. The average molecular weight is 482 g/mol. The lowest BCUT2D eigenvalue weighted by atomic mass is 10.0. The van der Waals surface area contributed by atoms with E-state index in [9.17, 15) is 13.2 Å². The summed E-state index contributed by atoms with van der Waals surface area (Å²) >= 11 is 0. The van der Waals surface area contributed by atoms with Crippen LogP contribution in [0.25, 0.3) is 11.4 Å². The van der Waals surface area contributed by atoms with Crippen LogP contribution in [-0.4, -0.2) is 40.7 Å². The molecule has 0 bridgehead atoms. The van der Waals surface area contributed by atoms with E-state index in [1.807, 2.05) is 30.3 Å². The molecule has 11 heteroatoms. The SMILES string of the molecule is Cl.N=C(N)N1CC(c2nc(-c3ccc(OCCCc4ccccc4)c(C(F)(F)F)c3)no2)C1. The second kappa shape index (κ2) is 10.1. The lowest BCUT2D eigenvalue weighted by Gasteiger charge is -2.37. The Morgan fingerprint density at radius 1 is 1.18 bits per heavy atom. The molecular weight excluding hydrogens is 459 g/mol. The van der Waals surface area contributed by atoms with Crippen LogP contribution in [0.1, 0.15) is 29.4 Å². The number of nitrogens with zero attached hydrogens (tertiary/aromatic N) is 3. The highest BCUT2D eigenvalue weighted by Crippen LogP contribution is 2.39. The van der Waals surface area contributed by atoms with Crippen molar-refractivity contribution in [2.45, 2.75) is 24.9 Å². The van der Waals surface area contributed by atoms with E-state index in [1.165, 1.54) is 12.1 Å². The Morgan fingerprint density at radius 2 is 1.91 bits per heavy atom. The first-order valence-electron chi connectivity index (χ1n) is 10.1. The van der Waals surface area contributed by atoms with E-state index in [1.54, 1.807) is 4.90 Å². The molecule has 1 aromatic heterocycles. The summed E-state index contributed by atoms with van der Waals surface area (Å²) in [5.41, 5.74) is 5.81. The van der Waals surface area contributed by atoms with E-state index >= 15 is 0 Å². The second-order valence-electron chi connectivity index (χ2n) is 7.59. The molecule has 1 aliphatic rings. The lowest BCUT2D eigenvalue weighted by molar-refractivity contribution is -0.138. The van der Waals surface area contributed by atoms with Gasteiger partial charge in [0.05, 0.1) is 18.1 Å². The first-order chi connectivity index (χ1) is 15.3. The first-order valence-corrected chi connectivity index (χ1v) is 10.1. The molecule has 4 rings (SSSR count). The van der Waals surface area contributed by atoms with E-state index in [0.29, 0.717) is 31.8 Å². The minimum Gasteiger partial charge on any atom is -0.493 e. The predicted molar refractivity (Wildman–Crippen MR) is 118 cm³/mol. The third-order valence-corrected chi connectivity index (χ3v) is 5.27. The number of guanidine groups is 1. The number of alkyl halides is 3. The molecule has 0 atom stereocenters. The van der Waals surface area contributed by atoms with Crippen LogP contribution in [0.3, 0.4) is 0 Å². The number of nitrogens with one attached hydrogen (secondary N) is 1. The smallest absolute Gasteiger partial charge is 0.419 e. The van der Waals surface area contributed by atoms with Crippen molar-refractivity contribution in [3.63, 3.8) is 0 Å². The number of hydrogen-bond donors (Lipinski definition) is 2. The van der Waals surface area contributed by atoms with Crippen LogP contribution in [0, 0.1) is 5.41 Å². The van der Waals surface area contributed by atoms with Crippen LogP contribution < -0.4 is 10.5 Å². The Bertz CT molecular complexity index is 1090. The fourth-order valence-corrected chi connectivity index (χ4v) is 3.47. The summed E-state index contributed by atoms with van der Waals surface area (Å²) in [5.74, 6) is 0.00782. The topological polar surface area (TPSA) is 101 Å². The van der Waals surface area contributed by atoms with Gasteiger partial charge in [-0.15, -0.1) is 12.4 Å². The van der Waals surface area contributed by atoms with Gasteiger partial charge in [0.25, 0.3) is 0 Å². The van der Waals surface area contributed by atoms with Gasteiger partial charge in [-0.3, -0.25) is 5.41 Å². The van der Waals surface area contributed by atoms with E-state index in [-0.39, 0.29) is 48.0 Å². The van der Waals surface area contributed by atoms with Crippen molar-refractivity contribution >= 4 is 18.4 Å². The molecule has 0 saturated carbocycles. The molecular formula is C22H23ClF3N5O2. The fourth-order valence-electron chi connectivity index (χ4n) is 3.47. The number of halogens is 4. The minimum atomic E-state index is -4.59. The van der Waals surface area contributed by atoms with Crippen LogP contribution in [0.15, 0.2) is 53.1 Å². The minimum absolute atomic E-state index is 0. The van der Waals surface area contributed by atoms with Crippen molar-refractivity contribution in [3.8, 4) is 17.1 Å². The number of aromatic nitrogens is 2. The van der Waals surface area contributed by atoms with Crippen molar-refractivity contribution in [1.29, 1.82) is 5.41 Å². The summed E-state index contributed by atoms with van der Waals surface area (Å²) in [6, 6.07) is 13.4. The van der Waals surface area contributed by atoms with Crippen LogP contribution in [0.5, 0.6) is 5.75 Å². The number of nitrogens with two attached hydrogens (primary N) is 1. The van der Waals surface area contributed by atoms with Gasteiger partial charge in [0.15, 0.2) is 5.96 Å². The standard InChI is InChI=1S/C22H22F3N5O2.ClH/c23-22(24,25)17-11-15(19-28-20(32-29-19)16-12-30(13-16)21(26)27)8-9-18(17)31-10-4-7-14-5-2-1-3-6-14;/h1-3,5-6,8-9,11,16H,4,7,10,12-13H2,(H3,26,27);1H. The Kier molecular flexibility index (Phi) is 7.47. The number of likely N-dealkylation sites (tertiary alicyclic amines) is 1. The van der Waals surface area contributed by atoms with Crippen molar-refractivity contribution in [2.24, 2.45) is 5.73 Å². The zero-order valence-electron chi connectivity index (χ0n) is 17.5. The number of ether oxygens (including phenoxy) is 1. The van der Waals surface area contributed by atoms with E-state index in [2.05, 4.69) is 10.1 Å².